The van der Waals surface area contributed by atoms with Gasteiger partial charge >= 0.3 is 7.60 Å². The van der Waals surface area contributed by atoms with Gasteiger partial charge in [0.2, 0.25) is 0 Å². The van der Waals surface area contributed by atoms with E-state index in [1.165, 1.54) is 5.82 Å². The van der Waals surface area contributed by atoms with Crippen LogP contribution in [0.3, 0.4) is 0 Å². The Kier molecular flexibility index (Phi) is 5.19. The second kappa shape index (κ2) is 7.36. The zero-order chi connectivity index (χ0) is 17.9. The van der Waals surface area contributed by atoms with Crippen LogP contribution in [0.5, 0.6) is 0 Å². The molecule has 130 valence electrons. The van der Waals surface area contributed by atoms with Crippen LogP contribution in [0.25, 0.3) is 5.57 Å². The molecule has 0 bridgehead atoms. The molecule has 25 heavy (non-hydrogen) atoms. The average Bonchev–Trinajstić information content (AvgIpc) is 2.88. The van der Waals surface area contributed by atoms with Gasteiger partial charge in [-0.25, -0.2) is 0 Å². The number of benzene rings is 2. The average molecular weight is 357 g/mol. The lowest BCUT2D eigenvalue weighted by molar-refractivity contribution is -0.112. The van der Waals surface area contributed by atoms with Gasteiger partial charge in [0, 0.05) is 17.1 Å². The summed E-state index contributed by atoms with van der Waals surface area (Å²) in [6, 6.07) is 16.8. The fourth-order valence-electron chi connectivity index (χ4n) is 2.83. The summed E-state index contributed by atoms with van der Waals surface area (Å²) in [7, 11) is -3.49. The van der Waals surface area contributed by atoms with E-state index in [2.05, 4.69) is 0 Å². The summed E-state index contributed by atoms with van der Waals surface area (Å²) >= 11 is 0. The lowest BCUT2D eigenvalue weighted by atomic mass is 10.1. The van der Waals surface area contributed by atoms with Gasteiger partial charge in [-0.1, -0.05) is 36.4 Å². The molecule has 1 aliphatic rings. The van der Waals surface area contributed by atoms with Crippen molar-refractivity contribution in [3.63, 3.8) is 0 Å². The maximum absolute atomic E-state index is 13.1. The van der Waals surface area contributed by atoms with Gasteiger partial charge in [0.15, 0.2) is 0 Å². The third-order valence-electron chi connectivity index (χ3n) is 3.79. The summed E-state index contributed by atoms with van der Waals surface area (Å²) in [5.41, 5.74) is 2.57. The molecule has 0 fully saturated rings. The van der Waals surface area contributed by atoms with Crippen LogP contribution in [0.15, 0.2) is 60.4 Å². The summed E-state index contributed by atoms with van der Waals surface area (Å²) in [4.78, 5) is 14.7. The van der Waals surface area contributed by atoms with E-state index in [1.54, 1.807) is 18.7 Å². The van der Waals surface area contributed by atoms with E-state index in [-0.39, 0.29) is 19.1 Å². The standard InChI is InChI=1S/C19H20NO4P/c1-3-23-25(22,24-4-2)14-17-16-12-8-9-13-18(16)20(19(17)21)15-10-6-5-7-11-15/h5-14H,3-4H2,1-2H3/b17-14+. The molecule has 0 spiro atoms. The minimum absolute atomic E-state index is 0.235. The van der Waals surface area contributed by atoms with Crippen molar-refractivity contribution in [3.05, 3.63) is 66.0 Å². The monoisotopic (exact) mass is 357 g/mol. The minimum Gasteiger partial charge on any atom is -0.306 e. The number of hydrogen-bond donors (Lipinski definition) is 0. The summed E-state index contributed by atoms with van der Waals surface area (Å²) in [5.74, 6) is 1.11. The van der Waals surface area contributed by atoms with Crippen LogP contribution in [-0.4, -0.2) is 19.1 Å². The van der Waals surface area contributed by atoms with Crippen LogP contribution in [0.1, 0.15) is 19.4 Å². The van der Waals surface area contributed by atoms with Crippen molar-refractivity contribution in [1.29, 1.82) is 0 Å². The Morgan fingerprint density at radius 3 is 2.20 bits per heavy atom. The first-order valence-corrected chi connectivity index (χ1v) is 9.81. The summed E-state index contributed by atoms with van der Waals surface area (Å²) < 4.78 is 23.5. The van der Waals surface area contributed by atoms with Gasteiger partial charge in [-0.15, -0.1) is 0 Å². The van der Waals surface area contributed by atoms with Gasteiger partial charge in [-0.3, -0.25) is 14.3 Å². The molecule has 2 aromatic rings. The van der Waals surface area contributed by atoms with Crippen LogP contribution >= 0.6 is 7.60 Å². The Morgan fingerprint density at radius 2 is 1.56 bits per heavy atom. The normalized spacial score (nSPS) is 15.7. The number of para-hydroxylation sites is 2. The number of carbonyl (C=O) groups excluding carboxylic acids is 1. The predicted molar refractivity (Wildman–Crippen MR) is 98.9 cm³/mol. The molecule has 1 heterocycles. The van der Waals surface area contributed by atoms with Crippen molar-refractivity contribution in [1.82, 2.24) is 0 Å². The Labute approximate surface area is 147 Å². The van der Waals surface area contributed by atoms with Crippen molar-refractivity contribution < 1.29 is 18.4 Å². The Hall–Kier alpha value is -2.20. The van der Waals surface area contributed by atoms with Crippen LogP contribution in [0, 0.1) is 0 Å². The van der Waals surface area contributed by atoms with E-state index >= 15 is 0 Å². The molecule has 2 aromatic carbocycles. The molecule has 6 heteroatoms. The molecule has 0 aromatic heterocycles. The second-order valence-electron chi connectivity index (χ2n) is 5.41. The fourth-order valence-corrected chi connectivity index (χ4v) is 4.34. The topological polar surface area (TPSA) is 55.8 Å². The van der Waals surface area contributed by atoms with Gasteiger partial charge in [-0.05, 0) is 32.0 Å². The maximum atomic E-state index is 13.1. The quantitative estimate of drug-likeness (QED) is 0.541. The number of hydrogen-bond acceptors (Lipinski definition) is 4. The highest BCUT2D eigenvalue weighted by molar-refractivity contribution is 7.57. The Morgan fingerprint density at radius 1 is 0.960 bits per heavy atom. The molecular formula is C19H20NO4P. The van der Waals surface area contributed by atoms with E-state index in [1.807, 2.05) is 54.6 Å². The molecule has 0 N–H and O–H groups in total. The van der Waals surface area contributed by atoms with Gasteiger partial charge in [0.25, 0.3) is 5.91 Å². The highest BCUT2D eigenvalue weighted by Gasteiger charge is 2.36. The molecule has 1 amide bonds. The molecule has 0 aliphatic carbocycles. The van der Waals surface area contributed by atoms with Gasteiger partial charge < -0.3 is 9.05 Å². The summed E-state index contributed by atoms with van der Waals surface area (Å²) in [6.45, 7) is 3.95. The van der Waals surface area contributed by atoms with Crippen LogP contribution < -0.4 is 4.90 Å². The van der Waals surface area contributed by atoms with Gasteiger partial charge in [0.1, 0.15) is 0 Å². The number of nitrogens with zero attached hydrogens (tertiary/aromatic N) is 1. The van der Waals surface area contributed by atoms with E-state index in [9.17, 15) is 9.36 Å². The lowest BCUT2D eigenvalue weighted by Crippen LogP contribution is -2.20. The second-order valence-corrected chi connectivity index (χ2v) is 7.27. The van der Waals surface area contributed by atoms with E-state index in [4.69, 9.17) is 9.05 Å². The smallest absolute Gasteiger partial charge is 0.306 e. The summed E-state index contributed by atoms with van der Waals surface area (Å²) in [6.07, 6.45) is 0. The lowest BCUT2D eigenvalue weighted by Gasteiger charge is -2.17. The molecule has 0 saturated heterocycles. The zero-order valence-corrected chi connectivity index (χ0v) is 15.1. The number of rotatable bonds is 6. The van der Waals surface area contributed by atoms with Gasteiger partial charge in [0.05, 0.1) is 24.5 Å². The third kappa shape index (κ3) is 3.45. The Balaban J connectivity index is 2.12. The van der Waals surface area contributed by atoms with Crippen molar-refractivity contribution in [2.24, 2.45) is 0 Å². The number of anilines is 2. The number of amides is 1. The molecule has 0 saturated carbocycles. The van der Waals surface area contributed by atoms with Crippen LogP contribution in [0.4, 0.5) is 11.4 Å². The largest absolute Gasteiger partial charge is 0.354 e. The first-order valence-electron chi connectivity index (χ1n) is 8.20. The molecule has 0 atom stereocenters. The van der Waals surface area contributed by atoms with Crippen LogP contribution in [0.2, 0.25) is 0 Å². The van der Waals surface area contributed by atoms with E-state index in [0.717, 1.165) is 16.9 Å². The molecule has 3 rings (SSSR count). The molecule has 0 unspecified atom stereocenters. The fraction of sp³-hybridized carbons (Fsp3) is 0.211. The van der Waals surface area contributed by atoms with Gasteiger partial charge in [-0.2, -0.15) is 0 Å². The molecular weight excluding hydrogens is 337 g/mol. The summed E-state index contributed by atoms with van der Waals surface area (Å²) in [5, 5.41) is 0. The number of fused-ring (bicyclic) bond motifs is 1. The highest BCUT2D eigenvalue weighted by atomic mass is 31.2. The van der Waals surface area contributed by atoms with Crippen molar-refractivity contribution in [2.45, 2.75) is 13.8 Å². The molecule has 5 nitrogen and oxygen atoms in total. The first-order chi connectivity index (χ1) is 12.1. The number of carbonyl (C=O) groups is 1. The SMILES string of the molecule is CCOP(=O)(/C=C1/C(=O)N(c2ccccc2)c2ccccc21)OCC. The first kappa shape index (κ1) is 17.6. The zero-order valence-electron chi connectivity index (χ0n) is 14.2. The minimum atomic E-state index is -3.49. The van der Waals surface area contributed by atoms with E-state index in [0.29, 0.717) is 5.57 Å². The predicted octanol–water partition coefficient (Wildman–Crippen LogP) is 4.97. The molecule has 0 radical (unpaired) electrons. The van der Waals surface area contributed by atoms with Crippen LogP contribution in [-0.2, 0) is 18.4 Å². The third-order valence-corrected chi connectivity index (χ3v) is 5.60. The maximum Gasteiger partial charge on any atom is 0.354 e. The van der Waals surface area contributed by atoms with Crippen molar-refractivity contribution in [3.8, 4) is 0 Å². The van der Waals surface area contributed by atoms with Crippen molar-refractivity contribution in [2.75, 3.05) is 18.1 Å². The highest BCUT2D eigenvalue weighted by Crippen LogP contribution is 2.54. The van der Waals surface area contributed by atoms with E-state index < -0.39 is 7.60 Å². The van der Waals surface area contributed by atoms with Crippen molar-refractivity contribution >= 4 is 30.5 Å². The Bertz CT molecular complexity index is 838. The molecule has 1 aliphatic heterocycles.